The molecule has 0 saturated heterocycles. The standard InChI is InChI=1S/C15H16FN.ClH/c1-12(14-7-9-15(16)10-8-14)17-11-13-5-3-2-4-6-13;/h2-10,12,17H,11H2,1H3;1H. The molecule has 18 heavy (non-hydrogen) atoms. The zero-order chi connectivity index (χ0) is 12.1. The minimum Gasteiger partial charge on any atom is -0.306 e. The van der Waals surface area contributed by atoms with Crippen molar-refractivity contribution in [3.05, 3.63) is 71.5 Å². The monoisotopic (exact) mass is 265 g/mol. The van der Waals surface area contributed by atoms with Crippen molar-refractivity contribution in [2.45, 2.75) is 19.5 Å². The Labute approximate surface area is 113 Å². The molecule has 2 rings (SSSR count). The largest absolute Gasteiger partial charge is 0.306 e. The van der Waals surface area contributed by atoms with E-state index >= 15 is 0 Å². The molecule has 0 aliphatic carbocycles. The van der Waals surface area contributed by atoms with Gasteiger partial charge in [-0.2, -0.15) is 0 Å². The molecule has 0 heterocycles. The smallest absolute Gasteiger partial charge is 0.123 e. The van der Waals surface area contributed by atoms with E-state index in [1.165, 1.54) is 17.7 Å². The molecule has 3 heteroatoms. The predicted molar refractivity (Wildman–Crippen MR) is 75.3 cm³/mol. The zero-order valence-electron chi connectivity index (χ0n) is 10.3. The van der Waals surface area contributed by atoms with Crippen LogP contribution in [0.3, 0.4) is 0 Å². The van der Waals surface area contributed by atoms with E-state index in [2.05, 4.69) is 24.4 Å². The maximum Gasteiger partial charge on any atom is 0.123 e. The maximum absolute atomic E-state index is 12.8. The molecule has 0 aliphatic rings. The minimum atomic E-state index is -0.191. The van der Waals surface area contributed by atoms with Crippen LogP contribution in [0.25, 0.3) is 0 Å². The highest BCUT2D eigenvalue weighted by molar-refractivity contribution is 5.85. The van der Waals surface area contributed by atoms with Crippen LogP contribution in [-0.2, 0) is 6.54 Å². The van der Waals surface area contributed by atoms with Crippen LogP contribution in [0.2, 0.25) is 0 Å². The van der Waals surface area contributed by atoms with E-state index in [0.717, 1.165) is 12.1 Å². The Hall–Kier alpha value is -1.38. The van der Waals surface area contributed by atoms with E-state index in [4.69, 9.17) is 0 Å². The lowest BCUT2D eigenvalue weighted by Gasteiger charge is -2.14. The van der Waals surface area contributed by atoms with Gasteiger partial charge >= 0.3 is 0 Å². The summed E-state index contributed by atoms with van der Waals surface area (Å²) in [5, 5.41) is 3.41. The quantitative estimate of drug-likeness (QED) is 0.878. The van der Waals surface area contributed by atoms with Crippen LogP contribution in [0.15, 0.2) is 54.6 Å². The molecule has 0 bridgehead atoms. The number of benzene rings is 2. The molecule has 0 aromatic heterocycles. The summed E-state index contributed by atoms with van der Waals surface area (Å²) < 4.78 is 12.8. The second-order valence-electron chi connectivity index (χ2n) is 4.14. The average Bonchev–Trinajstić information content (AvgIpc) is 2.38. The highest BCUT2D eigenvalue weighted by Gasteiger charge is 2.04. The van der Waals surface area contributed by atoms with Gasteiger partial charge in [0.2, 0.25) is 0 Å². The molecule has 0 saturated carbocycles. The van der Waals surface area contributed by atoms with Crippen molar-refractivity contribution in [1.82, 2.24) is 5.32 Å². The molecule has 2 aromatic rings. The van der Waals surface area contributed by atoms with E-state index in [0.29, 0.717) is 0 Å². The lowest BCUT2D eigenvalue weighted by atomic mass is 10.1. The minimum absolute atomic E-state index is 0. The van der Waals surface area contributed by atoms with Crippen molar-refractivity contribution in [1.29, 1.82) is 0 Å². The molecule has 0 radical (unpaired) electrons. The van der Waals surface area contributed by atoms with Crippen molar-refractivity contribution in [2.75, 3.05) is 0 Å². The summed E-state index contributed by atoms with van der Waals surface area (Å²) in [4.78, 5) is 0. The molecule has 1 unspecified atom stereocenters. The Bertz CT molecular complexity index is 456. The van der Waals surface area contributed by atoms with Crippen molar-refractivity contribution in [2.24, 2.45) is 0 Å². The summed E-state index contributed by atoms with van der Waals surface area (Å²) in [5.41, 5.74) is 2.35. The zero-order valence-corrected chi connectivity index (χ0v) is 11.1. The molecule has 0 spiro atoms. The van der Waals surface area contributed by atoms with Crippen LogP contribution in [0.1, 0.15) is 24.1 Å². The Morgan fingerprint density at radius 3 is 2.22 bits per heavy atom. The number of rotatable bonds is 4. The first-order chi connectivity index (χ1) is 8.25. The molecule has 1 nitrogen and oxygen atoms in total. The van der Waals surface area contributed by atoms with Gasteiger partial charge in [-0.1, -0.05) is 42.5 Å². The molecule has 1 N–H and O–H groups in total. The Kier molecular flexibility index (Phi) is 5.83. The number of nitrogens with one attached hydrogen (secondary N) is 1. The fourth-order valence-corrected chi connectivity index (χ4v) is 1.74. The summed E-state index contributed by atoms with van der Waals surface area (Å²) in [6.07, 6.45) is 0. The summed E-state index contributed by atoms with van der Waals surface area (Å²) in [7, 11) is 0. The first-order valence-electron chi connectivity index (χ1n) is 5.78. The van der Waals surface area contributed by atoms with Gasteiger partial charge in [-0.15, -0.1) is 12.4 Å². The third-order valence-electron chi connectivity index (χ3n) is 2.83. The lowest BCUT2D eigenvalue weighted by molar-refractivity contribution is 0.571. The highest BCUT2D eigenvalue weighted by atomic mass is 35.5. The van der Waals surface area contributed by atoms with Gasteiger partial charge in [0.15, 0.2) is 0 Å². The molecular formula is C15H17ClFN. The van der Waals surface area contributed by atoms with E-state index in [1.807, 2.05) is 30.3 Å². The molecule has 1 atom stereocenters. The van der Waals surface area contributed by atoms with E-state index < -0.39 is 0 Å². The van der Waals surface area contributed by atoms with Crippen LogP contribution in [0.4, 0.5) is 4.39 Å². The van der Waals surface area contributed by atoms with Crippen molar-refractivity contribution in [3.8, 4) is 0 Å². The molecule has 96 valence electrons. The second kappa shape index (κ2) is 7.14. The van der Waals surface area contributed by atoms with Crippen LogP contribution < -0.4 is 5.32 Å². The van der Waals surface area contributed by atoms with Gasteiger partial charge in [0.1, 0.15) is 5.82 Å². The van der Waals surface area contributed by atoms with E-state index in [-0.39, 0.29) is 24.3 Å². The number of hydrogen-bond acceptors (Lipinski definition) is 1. The van der Waals surface area contributed by atoms with Gasteiger partial charge in [0.25, 0.3) is 0 Å². The van der Waals surface area contributed by atoms with Gasteiger partial charge in [-0.25, -0.2) is 4.39 Å². The van der Waals surface area contributed by atoms with Gasteiger partial charge in [0, 0.05) is 12.6 Å². The summed E-state index contributed by atoms with van der Waals surface area (Å²) in [6, 6.07) is 17.1. The second-order valence-corrected chi connectivity index (χ2v) is 4.14. The molecule has 0 aliphatic heterocycles. The lowest BCUT2D eigenvalue weighted by Crippen LogP contribution is -2.17. The van der Waals surface area contributed by atoms with Crippen molar-refractivity contribution in [3.63, 3.8) is 0 Å². The van der Waals surface area contributed by atoms with Gasteiger partial charge in [-0.05, 0) is 30.2 Å². The van der Waals surface area contributed by atoms with Crippen molar-refractivity contribution < 1.29 is 4.39 Å². The highest BCUT2D eigenvalue weighted by Crippen LogP contribution is 2.13. The fraction of sp³-hybridized carbons (Fsp3) is 0.200. The summed E-state index contributed by atoms with van der Waals surface area (Å²) in [5.74, 6) is -0.191. The fourth-order valence-electron chi connectivity index (χ4n) is 1.74. The predicted octanol–water partition coefficient (Wildman–Crippen LogP) is 4.10. The maximum atomic E-state index is 12.8. The summed E-state index contributed by atoms with van der Waals surface area (Å²) >= 11 is 0. The average molecular weight is 266 g/mol. The van der Waals surface area contributed by atoms with Crippen LogP contribution in [0, 0.1) is 5.82 Å². The molecule has 0 fully saturated rings. The van der Waals surface area contributed by atoms with Crippen molar-refractivity contribution >= 4 is 12.4 Å². The van der Waals surface area contributed by atoms with Crippen LogP contribution in [-0.4, -0.2) is 0 Å². The van der Waals surface area contributed by atoms with E-state index in [9.17, 15) is 4.39 Å². The number of hydrogen-bond donors (Lipinski definition) is 1. The van der Waals surface area contributed by atoms with Crippen LogP contribution in [0.5, 0.6) is 0 Å². The summed E-state index contributed by atoms with van der Waals surface area (Å²) in [6.45, 7) is 2.90. The van der Waals surface area contributed by atoms with Gasteiger partial charge in [-0.3, -0.25) is 0 Å². The third-order valence-corrected chi connectivity index (χ3v) is 2.83. The van der Waals surface area contributed by atoms with Gasteiger partial charge < -0.3 is 5.32 Å². The first kappa shape index (κ1) is 14.7. The Morgan fingerprint density at radius 1 is 1.00 bits per heavy atom. The third kappa shape index (κ3) is 4.13. The van der Waals surface area contributed by atoms with E-state index in [1.54, 1.807) is 0 Å². The first-order valence-corrected chi connectivity index (χ1v) is 5.78. The van der Waals surface area contributed by atoms with Gasteiger partial charge in [0.05, 0.1) is 0 Å². The molecular weight excluding hydrogens is 249 g/mol. The number of halogens is 2. The molecule has 0 amide bonds. The Morgan fingerprint density at radius 2 is 1.61 bits per heavy atom. The Balaban J connectivity index is 0.00000162. The molecule has 2 aromatic carbocycles. The van der Waals surface area contributed by atoms with Crippen LogP contribution >= 0.6 is 12.4 Å². The normalized spacial score (nSPS) is 11.7. The SMILES string of the molecule is CC(NCc1ccccc1)c1ccc(F)cc1.Cl. The topological polar surface area (TPSA) is 12.0 Å².